The van der Waals surface area contributed by atoms with Crippen LogP contribution in [0.4, 0.5) is 5.13 Å². The number of aryl methyl sites for hydroxylation is 2. The number of nitrogens with zero attached hydrogens (tertiary/aromatic N) is 2. The third-order valence-corrected chi connectivity index (χ3v) is 3.99. The molecule has 3 aromatic rings. The van der Waals surface area contributed by atoms with Crippen LogP contribution < -0.4 is 11.2 Å². The summed E-state index contributed by atoms with van der Waals surface area (Å²) in [5.41, 5.74) is 1.45. The second-order valence-electron chi connectivity index (χ2n) is 4.85. The van der Waals surface area contributed by atoms with Crippen LogP contribution in [0.5, 0.6) is 5.88 Å². The Balaban J connectivity index is 2.05. The molecule has 112 valence electrons. The van der Waals surface area contributed by atoms with Crippen LogP contribution in [0.25, 0.3) is 10.2 Å². The van der Waals surface area contributed by atoms with Crippen molar-refractivity contribution in [3.05, 3.63) is 49.7 Å². The molecule has 0 aliphatic rings. The summed E-state index contributed by atoms with van der Waals surface area (Å²) in [5.74, 6) is -0.523. The lowest BCUT2D eigenvalue weighted by Gasteiger charge is -1.95. The van der Waals surface area contributed by atoms with Crippen molar-refractivity contribution >= 4 is 32.9 Å². The van der Waals surface area contributed by atoms with E-state index in [1.54, 1.807) is 0 Å². The largest absolute Gasteiger partial charge is 0.494 e. The standard InChI is InChI=1S/C14H12N4O3S/c1-6-3-7(2)10-9(4-6)22-14(16-10)15-5-8-11(19)17-13(21)18-12(8)20/h3-5H,1-2H3,(H3,17,18,19,20,21)/b15-5+. The summed E-state index contributed by atoms with van der Waals surface area (Å²) in [6.45, 7) is 3.98. The maximum atomic E-state index is 11.6. The molecule has 0 aliphatic heterocycles. The van der Waals surface area contributed by atoms with Gasteiger partial charge in [-0.25, -0.2) is 14.8 Å². The summed E-state index contributed by atoms with van der Waals surface area (Å²) in [4.78, 5) is 35.2. The van der Waals surface area contributed by atoms with E-state index in [-0.39, 0.29) is 5.56 Å². The number of aromatic nitrogens is 3. The number of thiazole rings is 1. The lowest BCUT2D eigenvalue weighted by molar-refractivity contribution is 0.447. The van der Waals surface area contributed by atoms with Gasteiger partial charge in [0, 0.05) is 6.21 Å². The Morgan fingerprint density at radius 3 is 2.77 bits per heavy atom. The predicted molar refractivity (Wildman–Crippen MR) is 85.7 cm³/mol. The Morgan fingerprint density at radius 2 is 2.05 bits per heavy atom. The number of hydrogen-bond donors (Lipinski definition) is 3. The van der Waals surface area contributed by atoms with Crippen LogP contribution in [-0.2, 0) is 0 Å². The third kappa shape index (κ3) is 2.56. The van der Waals surface area contributed by atoms with Crippen LogP contribution in [0.1, 0.15) is 16.7 Å². The zero-order valence-corrected chi connectivity index (χ0v) is 12.6. The maximum Gasteiger partial charge on any atom is 0.328 e. The molecule has 2 aromatic heterocycles. The van der Waals surface area contributed by atoms with E-state index in [0.29, 0.717) is 5.13 Å². The molecule has 0 amide bonds. The van der Waals surface area contributed by atoms with Gasteiger partial charge >= 0.3 is 5.69 Å². The summed E-state index contributed by atoms with van der Waals surface area (Å²) in [6.07, 6.45) is 1.18. The van der Waals surface area contributed by atoms with E-state index in [2.05, 4.69) is 15.0 Å². The molecule has 7 nitrogen and oxygen atoms in total. The second kappa shape index (κ2) is 5.23. The van der Waals surface area contributed by atoms with Gasteiger partial charge in [0.05, 0.1) is 10.2 Å². The molecule has 0 aliphatic carbocycles. The molecule has 0 bridgehead atoms. The SMILES string of the molecule is Cc1cc(C)c2nc(/N=C/c3c(O)[nH]c(=O)[nH]c3=O)sc2c1. The number of aliphatic imine (C=N–C) groups is 1. The zero-order valence-electron chi connectivity index (χ0n) is 11.8. The first-order valence-corrected chi connectivity index (χ1v) is 7.23. The first kappa shape index (κ1) is 14.2. The normalized spacial score (nSPS) is 11.5. The molecule has 0 spiro atoms. The summed E-state index contributed by atoms with van der Waals surface area (Å²) in [6, 6.07) is 4.05. The Hall–Kier alpha value is -2.74. The number of aromatic amines is 2. The van der Waals surface area contributed by atoms with Crippen molar-refractivity contribution in [2.45, 2.75) is 13.8 Å². The monoisotopic (exact) mass is 316 g/mol. The fourth-order valence-corrected chi connectivity index (χ4v) is 3.12. The van der Waals surface area contributed by atoms with Crippen molar-refractivity contribution in [2.24, 2.45) is 4.99 Å². The Bertz CT molecular complexity index is 1010. The summed E-state index contributed by atoms with van der Waals surface area (Å²) >= 11 is 1.38. The quantitative estimate of drug-likeness (QED) is 0.625. The van der Waals surface area contributed by atoms with E-state index in [9.17, 15) is 14.7 Å². The average Bonchev–Trinajstić information content (AvgIpc) is 2.80. The molecule has 3 rings (SSSR count). The Kier molecular flexibility index (Phi) is 3.38. The van der Waals surface area contributed by atoms with E-state index in [0.717, 1.165) is 21.3 Å². The molecule has 8 heteroatoms. The Morgan fingerprint density at radius 1 is 1.27 bits per heavy atom. The lowest BCUT2D eigenvalue weighted by atomic mass is 10.1. The Labute approximate surface area is 128 Å². The molecule has 22 heavy (non-hydrogen) atoms. The van der Waals surface area contributed by atoms with Gasteiger partial charge in [0.2, 0.25) is 11.0 Å². The number of rotatable bonds is 2. The topological polar surface area (TPSA) is 111 Å². The third-order valence-electron chi connectivity index (χ3n) is 3.08. The van der Waals surface area contributed by atoms with Crippen LogP contribution in [0.3, 0.4) is 0 Å². The molecular weight excluding hydrogens is 304 g/mol. The fraction of sp³-hybridized carbons (Fsp3) is 0.143. The number of aromatic hydroxyl groups is 1. The van der Waals surface area contributed by atoms with Gasteiger partial charge in [-0.2, -0.15) is 0 Å². The number of nitrogens with one attached hydrogen (secondary N) is 2. The molecule has 3 N–H and O–H groups in total. The van der Waals surface area contributed by atoms with Gasteiger partial charge in [0.25, 0.3) is 5.56 Å². The molecule has 1 aromatic carbocycles. The smallest absolute Gasteiger partial charge is 0.328 e. The van der Waals surface area contributed by atoms with E-state index in [1.165, 1.54) is 17.6 Å². The molecule has 0 saturated carbocycles. The van der Waals surface area contributed by atoms with Gasteiger partial charge in [-0.3, -0.25) is 14.8 Å². The highest BCUT2D eigenvalue weighted by Gasteiger charge is 2.08. The van der Waals surface area contributed by atoms with E-state index >= 15 is 0 Å². The zero-order chi connectivity index (χ0) is 15.9. The number of H-pyrrole nitrogens is 2. The van der Waals surface area contributed by atoms with Crippen molar-refractivity contribution in [1.29, 1.82) is 0 Å². The minimum absolute atomic E-state index is 0.119. The van der Waals surface area contributed by atoms with Crippen molar-refractivity contribution in [2.75, 3.05) is 0 Å². The molecule has 0 radical (unpaired) electrons. The minimum atomic E-state index is -0.772. The van der Waals surface area contributed by atoms with Crippen LogP contribution in [0, 0.1) is 13.8 Å². The van der Waals surface area contributed by atoms with Gasteiger partial charge < -0.3 is 5.11 Å². The number of benzene rings is 1. The van der Waals surface area contributed by atoms with Gasteiger partial charge in [0.15, 0.2) is 0 Å². The minimum Gasteiger partial charge on any atom is -0.494 e. The fourth-order valence-electron chi connectivity index (χ4n) is 2.14. The second-order valence-corrected chi connectivity index (χ2v) is 5.86. The van der Waals surface area contributed by atoms with E-state index in [4.69, 9.17) is 0 Å². The molecule has 0 unspecified atom stereocenters. The van der Waals surface area contributed by atoms with Crippen LogP contribution in [0.2, 0.25) is 0 Å². The number of fused-ring (bicyclic) bond motifs is 1. The molecule has 2 heterocycles. The summed E-state index contributed by atoms with van der Waals surface area (Å²) < 4.78 is 1.00. The van der Waals surface area contributed by atoms with Gasteiger partial charge in [-0.05, 0) is 31.0 Å². The van der Waals surface area contributed by atoms with Crippen molar-refractivity contribution in [1.82, 2.24) is 15.0 Å². The lowest BCUT2D eigenvalue weighted by Crippen LogP contribution is -2.24. The number of hydrogen-bond acceptors (Lipinski definition) is 6. The maximum absolute atomic E-state index is 11.6. The molecule has 0 atom stereocenters. The highest BCUT2D eigenvalue weighted by molar-refractivity contribution is 7.22. The van der Waals surface area contributed by atoms with Crippen LogP contribution in [-0.4, -0.2) is 26.3 Å². The summed E-state index contributed by atoms with van der Waals surface area (Å²) in [7, 11) is 0. The van der Waals surface area contributed by atoms with Crippen LogP contribution in [0.15, 0.2) is 26.7 Å². The average molecular weight is 316 g/mol. The van der Waals surface area contributed by atoms with Gasteiger partial charge in [-0.15, -0.1) is 0 Å². The first-order chi connectivity index (χ1) is 10.4. The van der Waals surface area contributed by atoms with E-state index < -0.39 is 17.1 Å². The highest BCUT2D eigenvalue weighted by atomic mass is 32.1. The predicted octanol–water partition coefficient (Wildman–Crippen LogP) is 1.75. The van der Waals surface area contributed by atoms with Crippen molar-refractivity contribution in [3.8, 4) is 5.88 Å². The van der Waals surface area contributed by atoms with Gasteiger partial charge in [-0.1, -0.05) is 17.4 Å². The molecular formula is C14H12N4O3S. The van der Waals surface area contributed by atoms with Gasteiger partial charge in [0.1, 0.15) is 5.56 Å². The van der Waals surface area contributed by atoms with E-state index in [1.807, 2.05) is 31.0 Å². The molecule has 0 saturated heterocycles. The molecule has 0 fully saturated rings. The highest BCUT2D eigenvalue weighted by Crippen LogP contribution is 2.30. The first-order valence-electron chi connectivity index (χ1n) is 6.41. The van der Waals surface area contributed by atoms with Crippen molar-refractivity contribution in [3.63, 3.8) is 0 Å². The van der Waals surface area contributed by atoms with Crippen molar-refractivity contribution < 1.29 is 5.11 Å². The van der Waals surface area contributed by atoms with Crippen LogP contribution >= 0.6 is 11.3 Å². The summed E-state index contributed by atoms with van der Waals surface area (Å²) in [5, 5.41) is 10.1.